The van der Waals surface area contributed by atoms with E-state index in [4.69, 9.17) is 27.5 Å². The van der Waals surface area contributed by atoms with Crippen molar-refractivity contribution in [2.75, 3.05) is 23.5 Å². The molecule has 10 heteroatoms. The Morgan fingerprint density at radius 3 is 2.59 bits per heavy atom. The van der Waals surface area contributed by atoms with Crippen LogP contribution in [0.3, 0.4) is 0 Å². The summed E-state index contributed by atoms with van der Waals surface area (Å²) in [5, 5.41) is 8.57. The zero-order valence-corrected chi connectivity index (χ0v) is 20.7. The lowest BCUT2D eigenvalue weighted by Gasteiger charge is -2.41. The molecule has 2 aromatic carbocycles. The molecule has 0 amide bonds. The van der Waals surface area contributed by atoms with Crippen LogP contribution in [0.5, 0.6) is 5.88 Å². The molecule has 4 rings (SSSR count). The number of nitrogens with one attached hydrogen (secondary N) is 2. The Kier molecular flexibility index (Phi) is 7.25. The highest BCUT2D eigenvalue weighted by molar-refractivity contribution is 8.00. The van der Waals surface area contributed by atoms with Crippen molar-refractivity contribution >= 4 is 40.8 Å². The van der Waals surface area contributed by atoms with Gasteiger partial charge in [-0.1, -0.05) is 11.6 Å². The summed E-state index contributed by atoms with van der Waals surface area (Å²) < 4.78 is 23.2. The normalized spacial score (nSPS) is 14.2. The van der Waals surface area contributed by atoms with E-state index in [-0.39, 0.29) is 23.5 Å². The van der Waals surface area contributed by atoms with E-state index in [1.54, 1.807) is 13.0 Å². The monoisotopic (exact) mass is 500 g/mol. The van der Waals surface area contributed by atoms with Gasteiger partial charge in [0.15, 0.2) is 5.82 Å². The summed E-state index contributed by atoms with van der Waals surface area (Å²) in [6.07, 6.45) is -0.00173. The number of nitrogen functional groups attached to an aromatic ring is 1. The summed E-state index contributed by atoms with van der Waals surface area (Å²) in [7, 11) is 0. The number of hydrogen-bond acceptors (Lipinski definition) is 8. The third kappa shape index (κ3) is 5.43. The molecule has 0 radical (unpaired) electrons. The lowest BCUT2D eigenvalue weighted by atomic mass is 10.1. The molecule has 1 aromatic heterocycles. The highest BCUT2D eigenvalue weighted by Crippen LogP contribution is 2.31. The molecule has 34 heavy (non-hydrogen) atoms. The van der Waals surface area contributed by atoms with Crippen LogP contribution in [-0.4, -0.2) is 45.8 Å². The van der Waals surface area contributed by atoms with Gasteiger partial charge in [-0.05, 0) is 75.2 Å². The van der Waals surface area contributed by atoms with Gasteiger partial charge in [0.1, 0.15) is 17.7 Å². The second-order valence-corrected chi connectivity index (χ2v) is 9.67. The molecular weight excluding hydrogens is 475 g/mol. The number of anilines is 2. The average Bonchev–Trinajstić information content (AvgIpc) is 2.76. The summed E-state index contributed by atoms with van der Waals surface area (Å²) in [5.74, 6) is 0.608. The smallest absolute Gasteiger partial charge is 0.228 e. The Hall–Kier alpha value is -2.88. The van der Waals surface area contributed by atoms with Crippen LogP contribution in [0.15, 0.2) is 47.4 Å². The highest BCUT2D eigenvalue weighted by atomic mass is 35.5. The fourth-order valence-electron chi connectivity index (χ4n) is 3.50. The number of ether oxygens (including phenoxy) is 1. The van der Waals surface area contributed by atoms with Crippen molar-refractivity contribution in [2.24, 2.45) is 0 Å². The zero-order valence-electron chi connectivity index (χ0n) is 19.1. The van der Waals surface area contributed by atoms with Crippen molar-refractivity contribution in [3.63, 3.8) is 0 Å². The molecule has 1 aliphatic rings. The maximum Gasteiger partial charge on any atom is 0.228 e. The van der Waals surface area contributed by atoms with E-state index in [9.17, 15) is 4.39 Å². The minimum absolute atomic E-state index is 0.00173. The van der Waals surface area contributed by atoms with Crippen LogP contribution in [0, 0.1) is 11.2 Å². The van der Waals surface area contributed by atoms with Crippen molar-refractivity contribution in [1.82, 2.24) is 14.9 Å². The zero-order chi connectivity index (χ0) is 24.4. The van der Waals surface area contributed by atoms with Gasteiger partial charge >= 0.3 is 0 Å². The minimum atomic E-state index is -0.348. The first-order valence-corrected chi connectivity index (χ1v) is 12.0. The summed E-state index contributed by atoms with van der Waals surface area (Å²) in [5.41, 5.74) is 8.38. The van der Waals surface area contributed by atoms with Crippen molar-refractivity contribution in [3.8, 4) is 17.3 Å². The summed E-state index contributed by atoms with van der Waals surface area (Å²) in [6, 6.07) is 12.2. The van der Waals surface area contributed by atoms with Gasteiger partial charge in [0, 0.05) is 41.1 Å². The molecule has 1 fully saturated rings. The SMILES string of the molecule is CC(=N)c1c(N)nc(-c2ccc(NSc3cc(Cl)ccc3F)cc2)nc1OC1CN(C(C)C)C1. The third-order valence-corrected chi connectivity index (χ3v) is 6.58. The molecule has 178 valence electrons. The Bertz CT molecular complexity index is 1200. The van der Waals surface area contributed by atoms with Gasteiger partial charge in [0.25, 0.3) is 0 Å². The lowest BCUT2D eigenvalue weighted by Crippen LogP contribution is -2.56. The molecule has 1 aliphatic heterocycles. The van der Waals surface area contributed by atoms with Gasteiger partial charge in [-0.15, -0.1) is 0 Å². The van der Waals surface area contributed by atoms with Crippen LogP contribution >= 0.6 is 23.5 Å². The number of rotatable bonds is 8. The maximum absolute atomic E-state index is 13.9. The molecule has 1 saturated heterocycles. The van der Waals surface area contributed by atoms with Crippen molar-refractivity contribution in [2.45, 2.75) is 37.8 Å². The Balaban J connectivity index is 1.51. The largest absolute Gasteiger partial charge is 0.471 e. The maximum atomic E-state index is 13.9. The van der Waals surface area contributed by atoms with E-state index in [0.717, 1.165) is 36.3 Å². The fraction of sp³-hybridized carbons (Fsp3) is 0.292. The van der Waals surface area contributed by atoms with Crippen LogP contribution < -0.4 is 15.2 Å². The van der Waals surface area contributed by atoms with E-state index in [0.29, 0.717) is 33.2 Å². The van der Waals surface area contributed by atoms with Gasteiger partial charge < -0.3 is 20.6 Å². The number of aromatic nitrogens is 2. The van der Waals surface area contributed by atoms with Crippen LogP contribution in [-0.2, 0) is 0 Å². The van der Waals surface area contributed by atoms with E-state index in [1.807, 2.05) is 24.3 Å². The van der Waals surface area contributed by atoms with E-state index in [1.165, 1.54) is 12.1 Å². The van der Waals surface area contributed by atoms with Gasteiger partial charge in [-0.3, -0.25) is 4.90 Å². The van der Waals surface area contributed by atoms with Crippen LogP contribution in [0.2, 0.25) is 5.02 Å². The number of halogens is 2. The predicted molar refractivity (Wildman–Crippen MR) is 136 cm³/mol. The molecule has 0 spiro atoms. The van der Waals surface area contributed by atoms with E-state index >= 15 is 0 Å². The first-order chi connectivity index (χ1) is 16.2. The Labute approximate surface area is 207 Å². The number of benzene rings is 2. The van der Waals surface area contributed by atoms with Gasteiger partial charge in [0.05, 0.1) is 10.5 Å². The Morgan fingerprint density at radius 2 is 1.94 bits per heavy atom. The topological polar surface area (TPSA) is 100 Å². The molecule has 0 bridgehead atoms. The van der Waals surface area contributed by atoms with Crippen molar-refractivity contribution in [1.29, 1.82) is 5.41 Å². The van der Waals surface area contributed by atoms with Crippen LogP contribution in [0.1, 0.15) is 26.3 Å². The third-order valence-electron chi connectivity index (χ3n) is 5.48. The number of likely N-dealkylation sites (tertiary alicyclic amines) is 1. The average molecular weight is 501 g/mol. The second kappa shape index (κ2) is 10.2. The summed E-state index contributed by atoms with van der Waals surface area (Å²) >= 11 is 7.09. The second-order valence-electron chi connectivity index (χ2n) is 8.38. The highest BCUT2D eigenvalue weighted by Gasteiger charge is 2.32. The van der Waals surface area contributed by atoms with Crippen molar-refractivity contribution in [3.05, 3.63) is 58.9 Å². The molecule has 7 nitrogen and oxygen atoms in total. The molecule has 2 heterocycles. The predicted octanol–water partition coefficient (Wildman–Crippen LogP) is 5.50. The van der Waals surface area contributed by atoms with Gasteiger partial charge in [-0.2, -0.15) is 4.98 Å². The van der Waals surface area contributed by atoms with Crippen LogP contribution in [0.4, 0.5) is 15.9 Å². The number of hydrogen-bond donors (Lipinski definition) is 3. The van der Waals surface area contributed by atoms with E-state index < -0.39 is 0 Å². The number of nitrogens with two attached hydrogens (primary N) is 1. The molecule has 0 saturated carbocycles. The summed E-state index contributed by atoms with van der Waals surface area (Å²) in [6.45, 7) is 7.54. The molecular formula is C24H26ClFN6OS. The summed E-state index contributed by atoms with van der Waals surface area (Å²) in [4.78, 5) is 11.7. The van der Waals surface area contributed by atoms with Gasteiger partial charge in [-0.25, -0.2) is 9.37 Å². The van der Waals surface area contributed by atoms with Crippen molar-refractivity contribution < 1.29 is 9.13 Å². The molecule has 0 atom stereocenters. The van der Waals surface area contributed by atoms with Gasteiger partial charge in [0.2, 0.25) is 5.88 Å². The fourth-order valence-corrected chi connectivity index (χ4v) is 4.46. The number of nitrogens with zero attached hydrogens (tertiary/aromatic N) is 3. The quantitative estimate of drug-likeness (QED) is 0.277. The van der Waals surface area contributed by atoms with Crippen LogP contribution in [0.25, 0.3) is 11.4 Å². The molecule has 0 unspecified atom stereocenters. The first kappa shape index (κ1) is 24.3. The molecule has 4 N–H and O–H groups in total. The Morgan fingerprint density at radius 1 is 1.24 bits per heavy atom. The van der Waals surface area contributed by atoms with E-state index in [2.05, 4.69) is 33.4 Å². The minimum Gasteiger partial charge on any atom is -0.471 e. The lowest BCUT2D eigenvalue weighted by molar-refractivity contribution is -0.00234. The molecule has 0 aliphatic carbocycles. The molecule has 3 aromatic rings. The standard InChI is InChI=1S/C24H26ClFN6OS/c1-13(2)32-11-18(12-32)33-24-21(14(3)27)22(28)29-23(30-24)15-4-7-17(8-5-15)31-34-20-10-16(25)6-9-19(20)26/h4-10,13,18,27,31H,11-12H2,1-3H3,(H2,28,29,30). The first-order valence-electron chi connectivity index (χ1n) is 10.8.